The van der Waals surface area contributed by atoms with Gasteiger partial charge in [-0.3, -0.25) is 9.59 Å². The van der Waals surface area contributed by atoms with Gasteiger partial charge in [0.1, 0.15) is 5.75 Å². The Morgan fingerprint density at radius 3 is 2.60 bits per heavy atom. The summed E-state index contributed by atoms with van der Waals surface area (Å²) in [7, 11) is 0. The predicted octanol–water partition coefficient (Wildman–Crippen LogP) is 3.64. The Bertz CT molecular complexity index is 706. The molecule has 2 aromatic rings. The molecular weight excluding hydrogens is 386 g/mol. The van der Waals surface area contributed by atoms with Gasteiger partial charge in [-0.05, 0) is 30.7 Å². The predicted molar refractivity (Wildman–Crippen MR) is 98.2 cm³/mol. The van der Waals surface area contributed by atoms with Crippen LogP contribution in [0.5, 0.6) is 5.75 Å². The molecular formula is C19H20BrNO4. The summed E-state index contributed by atoms with van der Waals surface area (Å²) in [5.41, 5.74) is 0.990. The van der Waals surface area contributed by atoms with E-state index in [0.717, 1.165) is 10.0 Å². The Kier molecular flexibility index (Phi) is 7.47. The number of hydrogen-bond acceptors (Lipinski definition) is 4. The van der Waals surface area contributed by atoms with Gasteiger partial charge in [0, 0.05) is 4.47 Å². The number of halogens is 1. The Labute approximate surface area is 155 Å². The van der Waals surface area contributed by atoms with E-state index in [-0.39, 0.29) is 31.6 Å². The van der Waals surface area contributed by atoms with Crippen LogP contribution in [0.3, 0.4) is 0 Å². The highest BCUT2D eigenvalue weighted by Gasteiger charge is 2.11. The number of rotatable bonds is 8. The minimum absolute atomic E-state index is 0.0774. The Balaban J connectivity index is 1.65. The fourth-order valence-electron chi connectivity index (χ4n) is 2.14. The van der Waals surface area contributed by atoms with Crippen LogP contribution in [0.25, 0.3) is 0 Å². The van der Waals surface area contributed by atoms with E-state index in [1.54, 1.807) is 6.07 Å². The molecule has 132 valence electrons. The standard InChI is InChI=1S/C19H20BrNO4/c1-14(15-6-3-2-4-7-15)21-18(22)13-25-19(23)10-11-24-17-9-5-8-16(20)12-17/h2-9,12,14H,10-11,13H2,1H3,(H,21,22)/t14-/m0/s1. The maximum absolute atomic E-state index is 11.8. The Hall–Kier alpha value is -2.34. The number of amides is 1. The molecule has 1 amide bonds. The lowest BCUT2D eigenvalue weighted by molar-refractivity contribution is -0.149. The quantitative estimate of drug-likeness (QED) is 0.680. The topological polar surface area (TPSA) is 64.6 Å². The Morgan fingerprint density at radius 1 is 1.12 bits per heavy atom. The molecule has 0 aliphatic heterocycles. The van der Waals surface area contributed by atoms with Crippen molar-refractivity contribution in [1.82, 2.24) is 5.32 Å². The minimum atomic E-state index is -0.475. The molecule has 0 bridgehead atoms. The van der Waals surface area contributed by atoms with Crippen molar-refractivity contribution in [1.29, 1.82) is 0 Å². The van der Waals surface area contributed by atoms with Crippen LogP contribution in [0.1, 0.15) is 24.9 Å². The zero-order valence-corrected chi connectivity index (χ0v) is 15.5. The van der Waals surface area contributed by atoms with Gasteiger partial charge in [0.2, 0.25) is 0 Å². The molecule has 1 atom stereocenters. The van der Waals surface area contributed by atoms with Crippen LogP contribution >= 0.6 is 15.9 Å². The van der Waals surface area contributed by atoms with E-state index in [0.29, 0.717) is 5.75 Å². The van der Waals surface area contributed by atoms with E-state index >= 15 is 0 Å². The van der Waals surface area contributed by atoms with Crippen molar-refractivity contribution in [2.24, 2.45) is 0 Å². The van der Waals surface area contributed by atoms with Gasteiger partial charge in [-0.1, -0.05) is 52.3 Å². The van der Waals surface area contributed by atoms with Crippen molar-refractivity contribution in [3.8, 4) is 5.75 Å². The van der Waals surface area contributed by atoms with E-state index in [9.17, 15) is 9.59 Å². The fourth-order valence-corrected chi connectivity index (χ4v) is 2.51. The van der Waals surface area contributed by atoms with Crippen LogP contribution in [0, 0.1) is 0 Å². The summed E-state index contributed by atoms with van der Waals surface area (Å²) in [5.74, 6) is -0.147. The largest absolute Gasteiger partial charge is 0.493 e. The molecule has 0 aliphatic rings. The van der Waals surface area contributed by atoms with Crippen molar-refractivity contribution in [3.63, 3.8) is 0 Å². The molecule has 2 aromatic carbocycles. The van der Waals surface area contributed by atoms with Crippen molar-refractivity contribution in [2.45, 2.75) is 19.4 Å². The normalized spacial score (nSPS) is 11.4. The number of benzene rings is 2. The highest BCUT2D eigenvalue weighted by Crippen LogP contribution is 2.17. The number of ether oxygens (including phenoxy) is 2. The summed E-state index contributed by atoms with van der Waals surface area (Å²) in [6.45, 7) is 1.77. The Morgan fingerprint density at radius 2 is 1.88 bits per heavy atom. The molecule has 0 radical (unpaired) electrons. The molecule has 1 N–H and O–H groups in total. The van der Waals surface area contributed by atoms with Crippen LogP contribution in [-0.2, 0) is 14.3 Å². The number of nitrogens with one attached hydrogen (secondary N) is 1. The second-order valence-electron chi connectivity index (χ2n) is 5.42. The molecule has 5 nitrogen and oxygen atoms in total. The maximum atomic E-state index is 11.8. The molecule has 0 unspecified atom stereocenters. The zero-order chi connectivity index (χ0) is 18.1. The molecule has 0 aliphatic carbocycles. The summed E-state index contributed by atoms with van der Waals surface area (Å²) in [6, 6.07) is 16.8. The third kappa shape index (κ3) is 6.97. The smallest absolute Gasteiger partial charge is 0.309 e. The number of carbonyl (C=O) groups is 2. The van der Waals surface area contributed by atoms with Crippen LogP contribution in [0.2, 0.25) is 0 Å². The lowest BCUT2D eigenvalue weighted by Crippen LogP contribution is -2.31. The van der Waals surface area contributed by atoms with Crippen molar-refractivity contribution in [3.05, 3.63) is 64.6 Å². The molecule has 0 aromatic heterocycles. The van der Waals surface area contributed by atoms with Gasteiger partial charge < -0.3 is 14.8 Å². The third-order valence-corrected chi connectivity index (χ3v) is 3.91. The van der Waals surface area contributed by atoms with Crippen LogP contribution in [0.4, 0.5) is 0 Å². The highest BCUT2D eigenvalue weighted by atomic mass is 79.9. The second-order valence-corrected chi connectivity index (χ2v) is 6.33. The molecule has 0 fully saturated rings. The van der Waals surface area contributed by atoms with Crippen molar-refractivity contribution < 1.29 is 19.1 Å². The average molecular weight is 406 g/mol. The van der Waals surface area contributed by atoms with E-state index in [1.807, 2.05) is 55.5 Å². The zero-order valence-electron chi connectivity index (χ0n) is 13.9. The summed E-state index contributed by atoms with van der Waals surface area (Å²) in [4.78, 5) is 23.5. The minimum Gasteiger partial charge on any atom is -0.493 e. The van der Waals surface area contributed by atoms with Gasteiger partial charge in [0.15, 0.2) is 6.61 Å². The second kappa shape index (κ2) is 9.84. The number of esters is 1. The summed E-state index contributed by atoms with van der Waals surface area (Å²) < 4.78 is 11.3. The van der Waals surface area contributed by atoms with Crippen molar-refractivity contribution >= 4 is 27.8 Å². The van der Waals surface area contributed by atoms with Gasteiger partial charge in [-0.2, -0.15) is 0 Å². The fraction of sp³-hybridized carbons (Fsp3) is 0.263. The van der Waals surface area contributed by atoms with Crippen LogP contribution < -0.4 is 10.1 Å². The molecule has 25 heavy (non-hydrogen) atoms. The first-order chi connectivity index (χ1) is 12.0. The number of hydrogen-bond donors (Lipinski definition) is 1. The van der Waals surface area contributed by atoms with Crippen LogP contribution in [-0.4, -0.2) is 25.1 Å². The van der Waals surface area contributed by atoms with Gasteiger partial charge in [-0.15, -0.1) is 0 Å². The lowest BCUT2D eigenvalue weighted by atomic mass is 10.1. The van der Waals surface area contributed by atoms with E-state index < -0.39 is 5.97 Å². The summed E-state index contributed by atoms with van der Waals surface area (Å²) in [5, 5.41) is 2.79. The lowest BCUT2D eigenvalue weighted by Gasteiger charge is -2.14. The van der Waals surface area contributed by atoms with E-state index in [1.165, 1.54) is 0 Å². The monoisotopic (exact) mass is 405 g/mol. The van der Waals surface area contributed by atoms with Crippen LogP contribution in [0.15, 0.2) is 59.1 Å². The van der Waals surface area contributed by atoms with Gasteiger partial charge in [-0.25, -0.2) is 0 Å². The van der Waals surface area contributed by atoms with Gasteiger partial charge in [0.05, 0.1) is 19.1 Å². The summed E-state index contributed by atoms with van der Waals surface area (Å²) >= 11 is 3.34. The molecule has 0 saturated carbocycles. The molecule has 0 heterocycles. The molecule has 2 rings (SSSR count). The SMILES string of the molecule is C[C@H](NC(=O)COC(=O)CCOc1cccc(Br)c1)c1ccccc1. The molecule has 0 spiro atoms. The third-order valence-electron chi connectivity index (χ3n) is 3.41. The maximum Gasteiger partial charge on any atom is 0.309 e. The van der Waals surface area contributed by atoms with Gasteiger partial charge >= 0.3 is 5.97 Å². The van der Waals surface area contributed by atoms with E-state index in [2.05, 4.69) is 21.2 Å². The van der Waals surface area contributed by atoms with E-state index in [4.69, 9.17) is 9.47 Å². The first kappa shape index (κ1) is 19.0. The average Bonchev–Trinajstić information content (AvgIpc) is 2.61. The first-order valence-corrected chi connectivity index (χ1v) is 8.72. The van der Waals surface area contributed by atoms with Crippen molar-refractivity contribution in [2.75, 3.05) is 13.2 Å². The highest BCUT2D eigenvalue weighted by molar-refractivity contribution is 9.10. The number of carbonyl (C=O) groups excluding carboxylic acids is 2. The first-order valence-electron chi connectivity index (χ1n) is 7.93. The summed E-state index contributed by atoms with van der Waals surface area (Å²) in [6.07, 6.45) is 0.0774. The molecule has 0 saturated heterocycles. The van der Waals surface area contributed by atoms with Gasteiger partial charge in [0.25, 0.3) is 5.91 Å². The molecule has 6 heteroatoms.